The first kappa shape index (κ1) is 13.8. The third-order valence-corrected chi connectivity index (χ3v) is 3.98. The zero-order valence-corrected chi connectivity index (χ0v) is 12.8. The molecule has 0 bridgehead atoms. The van der Waals surface area contributed by atoms with Crippen molar-refractivity contribution < 1.29 is 14.3 Å². The van der Waals surface area contributed by atoms with E-state index < -0.39 is 11.7 Å². The molecule has 2 heterocycles. The van der Waals surface area contributed by atoms with Gasteiger partial charge in [-0.15, -0.1) is 0 Å². The van der Waals surface area contributed by atoms with Crippen LogP contribution in [0.4, 0.5) is 5.69 Å². The van der Waals surface area contributed by atoms with Crippen LogP contribution in [-0.4, -0.2) is 23.8 Å². The Labute approximate surface area is 129 Å². The van der Waals surface area contributed by atoms with Crippen molar-refractivity contribution in [3.8, 4) is 5.88 Å². The van der Waals surface area contributed by atoms with Crippen LogP contribution in [0.5, 0.6) is 5.88 Å². The van der Waals surface area contributed by atoms with Gasteiger partial charge in [-0.2, -0.15) is 0 Å². The Kier molecular flexibility index (Phi) is 3.47. The van der Waals surface area contributed by atoms with Gasteiger partial charge >= 0.3 is 0 Å². The van der Waals surface area contributed by atoms with E-state index in [4.69, 9.17) is 4.74 Å². The van der Waals surface area contributed by atoms with Crippen molar-refractivity contribution in [2.24, 2.45) is 0 Å². The van der Waals surface area contributed by atoms with Gasteiger partial charge in [0.05, 0.1) is 24.9 Å². The molecule has 0 atom stereocenters. The van der Waals surface area contributed by atoms with Gasteiger partial charge in [0.25, 0.3) is 11.7 Å². The number of hydrogen-bond acceptors (Lipinski definition) is 4. The molecule has 0 saturated heterocycles. The molecule has 1 aromatic heterocycles. The van der Waals surface area contributed by atoms with Crippen LogP contribution in [0.3, 0.4) is 0 Å². The van der Waals surface area contributed by atoms with Crippen LogP contribution in [0.25, 0.3) is 0 Å². The highest BCUT2D eigenvalue weighted by atomic mass is 79.9. The molecule has 1 aromatic carbocycles. The van der Waals surface area contributed by atoms with Crippen molar-refractivity contribution in [1.29, 1.82) is 0 Å². The van der Waals surface area contributed by atoms with Crippen LogP contribution in [-0.2, 0) is 11.3 Å². The van der Waals surface area contributed by atoms with E-state index in [1.165, 1.54) is 12.0 Å². The highest BCUT2D eigenvalue weighted by Crippen LogP contribution is 2.35. The summed E-state index contributed by atoms with van der Waals surface area (Å²) in [4.78, 5) is 29.9. The SMILES string of the molecule is COc1ncccc1CN1C(=O)C(=O)c2c(Br)cccc21. The molecule has 0 unspecified atom stereocenters. The van der Waals surface area contributed by atoms with E-state index in [0.717, 1.165) is 5.56 Å². The van der Waals surface area contributed by atoms with Crippen molar-refractivity contribution >= 4 is 33.3 Å². The molecule has 2 aromatic rings. The maximum absolute atomic E-state index is 12.2. The minimum atomic E-state index is -0.539. The number of fused-ring (bicyclic) bond motifs is 1. The molecule has 0 spiro atoms. The van der Waals surface area contributed by atoms with Crippen molar-refractivity contribution in [3.63, 3.8) is 0 Å². The average Bonchev–Trinajstić information content (AvgIpc) is 2.74. The minimum Gasteiger partial charge on any atom is -0.481 e. The number of amides is 1. The molecule has 106 valence electrons. The second-order valence-electron chi connectivity index (χ2n) is 4.53. The summed E-state index contributed by atoms with van der Waals surface area (Å²) in [6.45, 7) is 0.241. The fourth-order valence-corrected chi connectivity index (χ4v) is 2.89. The predicted octanol–water partition coefficient (Wildman–Crippen LogP) is 2.58. The molecule has 5 nitrogen and oxygen atoms in total. The molecule has 0 N–H and O–H groups in total. The monoisotopic (exact) mass is 346 g/mol. The third-order valence-electron chi connectivity index (χ3n) is 3.32. The van der Waals surface area contributed by atoms with Crippen molar-refractivity contribution in [2.45, 2.75) is 6.54 Å². The lowest BCUT2D eigenvalue weighted by Crippen LogP contribution is -2.29. The number of aromatic nitrogens is 1. The molecule has 0 radical (unpaired) electrons. The summed E-state index contributed by atoms with van der Waals surface area (Å²) >= 11 is 3.32. The summed E-state index contributed by atoms with van der Waals surface area (Å²) in [6.07, 6.45) is 1.61. The van der Waals surface area contributed by atoms with Gasteiger partial charge in [-0.1, -0.05) is 12.1 Å². The van der Waals surface area contributed by atoms with Gasteiger partial charge in [-0.05, 0) is 34.1 Å². The Morgan fingerprint density at radius 2 is 2.05 bits per heavy atom. The van der Waals surface area contributed by atoms with Crippen LogP contribution in [0, 0.1) is 0 Å². The minimum absolute atomic E-state index is 0.241. The first-order chi connectivity index (χ1) is 10.1. The zero-order chi connectivity index (χ0) is 15.0. The molecular formula is C15H11BrN2O3. The van der Waals surface area contributed by atoms with Crippen LogP contribution in [0.2, 0.25) is 0 Å². The van der Waals surface area contributed by atoms with Gasteiger partial charge in [0.2, 0.25) is 5.88 Å². The highest BCUT2D eigenvalue weighted by Gasteiger charge is 2.37. The van der Waals surface area contributed by atoms with Gasteiger partial charge in [0.1, 0.15) is 0 Å². The summed E-state index contributed by atoms with van der Waals surface area (Å²) in [5.74, 6) is -0.593. The standard InChI is InChI=1S/C15H11BrN2O3/c1-21-14-9(4-3-7-17-14)8-18-11-6-2-5-10(16)12(11)13(19)15(18)20/h2-7H,8H2,1H3. The van der Waals surface area contributed by atoms with E-state index in [0.29, 0.717) is 21.6 Å². The summed E-state index contributed by atoms with van der Waals surface area (Å²) in [5, 5.41) is 0. The number of pyridine rings is 1. The Morgan fingerprint density at radius 3 is 2.81 bits per heavy atom. The van der Waals surface area contributed by atoms with Crippen molar-refractivity contribution in [3.05, 3.63) is 52.1 Å². The number of nitrogens with zero attached hydrogens (tertiary/aromatic N) is 2. The van der Waals surface area contributed by atoms with Gasteiger partial charge in [-0.25, -0.2) is 4.98 Å². The number of rotatable bonds is 3. The number of methoxy groups -OCH3 is 1. The number of ether oxygens (including phenoxy) is 1. The topological polar surface area (TPSA) is 59.5 Å². The fourth-order valence-electron chi connectivity index (χ4n) is 2.36. The smallest absolute Gasteiger partial charge is 0.299 e. The molecule has 0 aliphatic carbocycles. The fraction of sp³-hybridized carbons (Fsp3) is 0.133. The van der Waals surface area contributed by atoms with E-state index in [-0.39, 0.29) is 6.54 Å². The molecule has 0 fully saturated rings. The molecule has 1 amide bonds. The van der Waals surface area contributed by atoms with E-state index >= 15 is 0 Å². The Balaban J connectivity index is 2.03. The molecule has 21 heavy (non-hydrogen) atoms. The third kappa shape index (κ3) is 2.21. The zero-order valence-electron chi connectivity index (χ0n) is 11.2. The number of carbonyl (C=O) groups is 2. The Bertz CT molecular complexity index is 745. The molecule has 3 rings (SSSR count). The lowest BCUT2D eigenvalue weighted by molar-refractivity contribution is -0.114. The van der Waals surface area contributed by atoms with Gasteiger partial charge in [0.15, 0.2) is 0 Å². The number of carbonyl (C=O) groups excluding carboxylic acids is 2. The summed E-state index contributed by atoms with van der Waals surface area (Å²) in [5.41, 5.74) is 1.75. The summed E-state index contributed by atoms with van der Waals surface area (Å²) in [6, 6.07) is 8.88. The maximum Gasteiger partial charge on any atom is 0.299 e. The van der Waals surface area contributed by atoms with Crippen LogP contribution < -0.4 is 9.64 Å². The van der Waals surface area contributed by atoms with Gasteiger partial charge < -0.3 is 9.64 Å². The summed E-state index contributed by atoms with van der Waals surface area (Å²) in [7, 11) is 1.52. The second-order valence-corrected chi connectivity index (χ2v) is 5.38. The number of benzene rings is 1. The average molecular weight is 347 g/mol. The van der Waals surface area contributed by atoms with E-state index in [9.17, 15) is 9.59 Å². The van der Waals surface area contributed by atoms with E-state index in [2.05, 4.69) is 20.9 Å². The highest BCUT2D eigenvalue weighted by molar-refractivity contribution is 9.10. The number of halogens is 1. The van der Waals surface area contributed by atoms with Crippen LogP contribution >= 0.6 is 15.9 Å². The molecule has 0 saturated carbocycles. The molecule has 6 heteroatoms. The lowest BCUT2D eigenvalue weighted by atomic mass is 10.1. The van der Waals surface area contributed by atoms with Crippen LogP contribution in [0.15, 0.2) is 41.0 Å². The predicted molar refractivity (Wildman–Crippen MR) is 80.5 cm³/mol. The quantitative estimate of drug-likeness (QED) is 0.801. The van der Waals surface area contributed by atoms with Crippen LogP contribution in [0.1, 0.15) is 15.9 Å². The maximum atomic E-state index is 12.2. The number of ketones is 1. The molecular weight excluding hydrogens is 336 g/mol. The largest absolute Gasteiger partial charge is 0.481 e. The number of hydrogen-bond donors (Lipinski definition) is 0. The normalized spacial score (nSPS) is 13.5. The molecule has 1 aliphatic rings. The van der Waals surface area contributed by atoms with Gasteiger partial charge in [-0.3, -0.25) is 9.59 Å². The lowest BCUT2D eigenvalue weighted by Gasteiger charge is -2.17. The number of Topliss-reactive ketones (excluding diaryl/α,β-unsaturated/α-hetero) is 1. The number of anilines is 1. The second kappa shape index (κ2) is 5.29. The van der Waals surface area contributed by atoms with E-state index in [1.54, 1.807) is 30.5 Å². The Morgan fingerprint density at radius 1 is 1.24 bits per heavy atom. The van der Waals surface area contributed by atoms with Crippen molar-refractivity contribution in [1.82, 2.24) is 4.98 Å². The first-order valence-electron chi connectivity index (χ1n) is 6.26. The van der Waals surface area contributed by atoms with E-state index in [1.807, 2.05) is 6.07 Å². The van der Waals surface area contributed by atoms with Crippen molar-refractivity contribution in [2.75, 3.05) is 12.0 Å². The van der Waals surface area contributed by atoms with Gasteiger partial charge in [0, 0.05) is 16.2 Å². The first-order valence-corrected chi connectivity index (χ1v) is 7.05. The Hall–Kier alpha value is -2.21. The summed E-state index contributed by atoms with van der Waals surface area (Å²) < 4.78 is 5.81. The molecule has 1 aliphatic heterocycles.